The number of carbonyl (C=O) groups excluding carboxylic acids is 1. The zero-order valence-electron chi connectivity index (χ0n) is 21.2. The Morgan fingerprint density at radius 3 is 2.12 bits per heavy atom. The standard InChI is InChI=1S/C30H40INO2/c1-4-7-12-28-29(26-22-25(31)17-18-27(26)34-28)30(33)24-15-13-23(14-16-24)11-10-21-32(19-8-5-2)20-9-6-3/h13-18,22H,4-12,19-21H2,1-3H3. The highest BCUT2D eigenvalue weighted by molar-refractivity contribution is 14.1. The van der Waals surface area contributed by atoms with Crippen molar-refractivity contribution in [2.45, 2.75) is 78.6 Å². The Kier molecular flexibility index (Phi) is 11.1. The van der Waals surface area contributed by atoms with Gasteiger partial charge in [-0.05, 0) is 98.1 Å². The quantitative estimate of drug-likeness (QED) is 0.135. The Balaban J connectivity index is 1.69. The van der Waals surface area contributed by atoms with Crippen molar-refractivity contribution in [2.75, 3.05) is 19.6 Å². The summed E-state index contributed by atoms with van der Waals surface area (Å²) < 4.78 is 7.24. The topological polar surface area (TPSA) is 33.5 Å². The maximum Gasteiger partial charge on any atom is 0.197 e. The van der Waals surface area contributed by atoms with Gasteiger partial charge in [0, 0.05) is 20.9 Å². The second kappa shape index (κ2) is 14.0. The third-order valence-corrected chi connectivity index (χ3v) is 7.19. The predicted molar refractivity (Wildman–Crippen MR) is 152 cm³/mol. The summed E-state index contributed by atoms with van der Waals surface area (Å²) in [7, 11) is 0. The van der Waals surface area contributed by atoms with Gasteiger partial charge in [0.05, 0.1) is 5.56 Å². The smallest absolute Gasteiger partial charge is 0.197 e. The monoisotopic (exact) mass is 573 g/mol. The fraction of sp³-hybridized carbons (Fsp3) is 0.500. The third kappa shape index (κ3) is 7.42. The fourth-order valence-electron chi connectivity index (χ4n) is 4.46. The summed E-state index contributed by atoms with van der Waals surface area (Å²) in [5.74, 6) is 0.899. The molecule has 34 heavy (non-hydrogen) atoms. The summed E-state index contributed by atoms with van der Waals surface area (Å²) in [6.07, 6.45) is 10.2. The first-order valence-electron chi connectivity index (χ1n) is 13.1. The first kappa shape index (κ1) is 26.9. The molecule has 4 heteroatoms. The number of nitrogens with zero attached hydrogens (tertiary/aromatic N) is 1. The highest BCUT2D eigenvalue weighted by atomic mass is 127. The van der Waals surface area contributed by atoms with Crippen LogP contribution in [0.3, 0.4) is 0 Å². The summed E-state index contributed by atoms with van der Waals surface area (Å²) >= 11 is 2.30. The molecule has 3 aromatic rings. The molecule has 0 N–H and O–H groups in total. The van der Waals surface area contributed by atoms with Crippen molar-refractivity contribution < 1.29 is 9.21 Å². The van der Waals surface area contributed by atoms with Gasteiger partial charge in [-0.15, -0.1) is 0 Å². The molecular formula is C30H40INO2. The van der Waals surface area contributed by atoms with Crippen molar-refractivity contribution >= 4 is 39.3 Å². The highest BCUT2D eigenvalue weighted by Gasteiger charge is 2.22. The van der Waals surface area contributed by atoms with E-state index in [1.165, 1.54) is 44.3 Å². The number of aryl methyl sites for hydroxylation is 2. The van der Waals surface area contributed by atoms with E-state index < -0.39 is 0 Å². The molecule has 2 aromatic carbocycles. The fourth-order valence-corrected chi connectivity index (χ4v) is 4.95. The summed E-state index contributed by atoms with van der Waals surface area (Å²) in [6, 6.07) is 14.3. The maximum atomic E-state index is 13.6. The van der Waals surface area contributed by atoms with Gasteiger partial charge in [-0.25, -0.2) is 0 Å². The molecule has 0 spiro atoms. The van der Waals surface area contributed by atoms with Gasteiger partial charge in [0.15, 0.2) is 5.78 Å². The molecule has 3 nitrogen and oxygen atoms in total. The molecule has 1 heterocycles. The molecule has 0 aliphatic heterocycles. The Hall–Kier alpha value is -1.66. The number of ketones is 1. The second-order valence-electron chi connectivity index (χ2n) is 9.32. The maximum absolute atomic E-state index is 13.6. The number of carbonyl (C=O) groups is 1. The zero-order valence-corrected chi connectivity index (χ0v) is 23.3. The summed E-state index contributed by atoms with van der Waals surface area (Å²) in [5, 5.41) is 0.936. The molecule has 0 fully saturated rings. The number of unbranched alkanes of at least 4 members (excludes halogenated alkanes) is 3. The molecule has 0 bridgehead atoms. The van der Waals surface area contributed by atoms with Gasteiger partial charge in [-0.2, -0.15) is 0 Å². The van der Waals surface area contributed by atoms with E-state index in [-0.39, 0.29) is 5.78 Å². The third-order valence-electron chi connectivity index (χ3n) is 6.52. The first-order chi connectivity index (χ1) is 16.6. The molecule has 3 rings (SSSR count). The van der Waals surface area contributed by atoms with Crippen LogP contribution < -0.4 is 0 Å². The number of hydrogen-bond acceptors (Lipinski definition) is 3. The van der Waals surface area contributed by atoms with Crippen LogP contribution in [0.4, 0.5) is 0 Å². The van der Waals surface area contributed by atoms with Crippen LogP contribution in [-0.4, -0.2) is 30.3 Å². The average molecular weight is 574 g/mol. The lowest BCUT2D eigenvalue weighted by Crippen LogP contribution is -2.27. The van der Waals surface area contributed by atoms with Crippen molar-refractivity contribution in [3.8, 4) is 0 Å². The Morgan fingerprint density at radius 2 is 1.47 bits per heavy atom. The molecule has 0 amide bonds. The molecule has 0 saturated carbocycles. The SMILES string of the molecule is CCCCc1oc2ccc(I)cc2c1C(=O)c1ccc(CCCN(CCCC)CCCC)cc1. The molecular weight excluding hydrogens is 533 g/mol. The number of furan rings is 1. The van der Waals surface area contributed by atoms with Crippen molar-refractivity contribution in [1.82, 2.24) is 4.90 Å². The normalized spacial score (nSPS) is 11.6. The van der Waals surface area contributed by atoms with Crippen LogP contribution in [0.1, 0.15) is 93.0 Å². The number of rotatable bonds is 15. The van der Waals surface area contributed by atoms with Crippen molar-refractivity contribution in [1.29, 1.82) is 0 Å². The van der Waals surface area contributed by atoms with Gasteiger partial charge in [-0.1, -0.05) is 64.3 Å². The average Bonchev–Trinajstić information content (AvgIpc) is 3.21. The van der Waals surface area contributed by atoms with E-state index >= 15 is 0 Å². The van der Waals surface area contributed by atoms with E-state index in [1.807, 2.05) is 24.3 Å². The van der Waals surface area contributed by atoms with E-state index in [9.17, 15) is 4.79 Å². The van der Waals surface area contributed by atoms with Crippen molar-refractivity contribution in [2.24, 2.45) is 0 Å². The Labute approximate surface area is 219 Å². The zero-order chi connectivity index (χ0) is 24.3. The Morgan fingerprint density at radius 1 is 0.824 bits per heavy atom. The minimum atomic E-state index is 0.0729. The first-order valence-corrected chi connectivity index (χ1v) is 14.2. The lowest BCUT2D eigenvalue weighted by molar-refractivity contribution is 0.103. The van der Waals surface area contributed by atoms with Crippen LogP contribution in [-0.2, 0) is 12.8 Å². The van der Waals surface area contributed by atoms with E-state index in [4.69, 9.17) is 4.42 Å². The van der Waals surface area contributed by atoms with Crippen LogP contribution in [0.15, 0.2) is 46.9 Å². The molecule has 1 aromatic heterocycles. The van der Waals surface area contributed by atoms with E-state index in [2.05, 4.69) is 66.5 Å². The number of benzene rings is 2. The van der Waals surface area contributed by atoms with Gasteiger partial charge in [0.25, 0.3) is 0 Å². The number of hydrogen-bond donors (Lipinski definition) is 0. The van der Waals surface area contributed by atoms with Crippen molar-refractivity contribution in [3.63, 3.8) is 0 Å². The van der Waals surface area contributed by atoms with Gasteiger partial charge in [-0.3, -0.25) is 4.79 Å². The lowest BCUT2D eigenvalue weighted by Gasteiger charge is -2.21. The number of halogens is 1. The van der Waals surface area contributed by atoms with Crippen LogP contribution in [0.2, 0.25) is 0 Å². The second-order valence-corrected chi connectivity index (χ2v) is 10.6. The lowest BCUT2D eigenvalue weighted by atomic mass is 9.97. The Bertz CT molecular complexity index is 1030. The van der Waals surface area contributed by atoms with Gasteiger partial charge in [0.1, 0.15) is 11.3 Å². The van der Waals surface area contributed by atoms with Crippen molar-refractivity contribution in [3.05, 3.63) is 68.5 Å². The van der Waals surface area contributed by atoms with E-state index in [1.54, 1.807) is 0 Å². The van der Waals surface area contributed by atoms with Gasteiger partial charge < -0.3 is 9.32 Å². The van der Waals surface area contributed by atoms with E-state index in [0.717, 1.165) is 70.1 Å². The summed E-state index contributed by atoms with van der Waals surface area (Å²) in [6.45, 7) is 10.3. The highest BCUT2D eigenvalue weighted by Crippen LogP contribution is 2.31. The molecule has 0 saturated heterocycles. The molecule has 184 valence electrons. The molecule has 0 unspecified atom stereocenters. The van der Waals surface area contributed by atoms with Gasteiger partial charge >= 0.3 is 0 Å². The summed E-state index contributed by atoms with van der Waals surface area (Å²) in [5.41, 5.74) is 3.61. The molecule has 0 atom stereocenters. The molecule has 0 aliphatic carbocycles. The van der Waals surface area contributed by atoms with E-state index in [0.29, 0.717) is 0 Å². The molecule has 0 radical (unpaired) electrons. The largest absolute Gasteiger partial charge is 0.460 e. The summed E-state index contributed by atoms with van der Waals surface area (Å²) in [4.78, 5) is 16.2. The minimum Gasteiger partial charge on any atom is -0.460 e. The number of fused-ring (bicyclic) bond motifs is 1. The van der Waals surface area contributed by atoms with Crippen LogP contribution in [0, 0.1) is 3.57 Å². The molecule has 0 aliphatic rings. The van der Waals surface area contributed by atoms with Crippen LogP contribution in [0.5, 0.6) is 0 Å². The minimum absolute atomic E-state index is 0.0729. The predicted octanol–water partition coefficient (Wildman–Crippen LogP) is 8.45. The van der Waals surface area contributed by atoms with Gasteiger partial charge in [0.2, 0.25) is 0 Å². The van der Waals surface area contributed by atoms with Crippen LogP contribution in [0.25, 0.3) is 11.0 Å². The van der Waals surface area contributed by atoms with Crippen LogP contribution >= 0.6 is 22.6 Å².